The lowest BCUT2D eigenvalue weighted by atomic mass is 9.94. The van der Waals surface area contributed by atoms with Crippen LogP contribution >= 0.6 is 11.6 Å². The molecule has 7 heteroatoms. The number of hydrogen-bond acceptors (Lipinski definition) is 5. The number of carbonyl (C=O) groups is 2. The predicted molar refractivity (Wildman–Crippen MR) is 122 cm³/mol. The number of carbonyl (C=O) groups excluding carboxylic acids is 2. The minimum absolute atomic E-state index is 0.0484. The first kappa shape index (κ1) is 21.5. The molecule has 0 bridgehead atoms. The van der Waals surface area contributed by atoms with E-state index in [1.165, 1.54) is 19.1 Å². The minimum Gasteiger partial charge on any atom is -0.507 e. The van der Waals surface area contributed by atoms with Gasteiger partial charge in [0.05, 0.1) is 25.8 Å². The zero-order chi connectivity index (χ0) is 22.8. The molecule has 3 aromatic carbocycles. The number of benzene rings is 3. The number of methoxy groups -OCH3 is 2. The summed E-state index contributed by atoms with van der Waals surface area (Å²) in [4.78, 5) is 27.7. The van der Waals surface area contributed by atoms with Crippen LogP contribution in [-0.2, 0) is 9.59 Å². The SMILES string of the molecule is COc1ccc(OC)c([C@@H]2C(=C(O)c3ccccc3)C(=O)C(=O)N2c2cccc(Cl)c2)c1. The highest BCUT2D eigenvalue weighted by Crippen LogP contribution is 2.46. The molecule has 3 aromatic rings. The molecule has 162 valence electrons. The first-order valence-electron chi connectivity index (χ1n) is 9.80. The lowest BCUT2D eigenvalue weighted by Gasteiger charge is -2.27. The Bertz CT molecular complexity index is 1220. The molecule has 1 aliphatic rings. The fourth-order valence-electron chi connectivity index (χ4n) is 3.82. The van der Waals surface area contributed by atoms with Crippen LogP contribution in [0, 0.1) is 0 Å². The largest absolute Gasteiger partial charge is 0.507 e. The molecule has 1 atom stereocenters. The molecule has 0 radical (unpaired) electrons. The molecule has 6 nitrogen and oxygen atoms in total. The maximum absolute atomic E-state index is 13.2. The van der Waals surface area contributed by atoms with Gasteiger partial charge in [-0.1, -0.05) is 48.0 Å². The van der Waals surface area contributed by atoms with Gasteiger partial charge >= 0.3 is 0 Å². The Morgan fingerprint density at radius 2 is 1.69 bits per heavy atom. The van der Waals surface area contributed by atoms with Gasteiger partial charge in [-0.3, -0.25) is 14.5 Å². The number of amides is 1. The van der Waals surface area contributed by atoms with Gasteiger partial charge in [-0.15, -0.1) is 0 Å². The van der Waals surface area contributed by atoms with Crippen LogP contribution in [0.1, 0.15) is 17.2 Å². The van der Waals surface area contributed by atoms with Crippen LogP contribution in [0.25, 0.3) is 5.76 Å². The Labute approximate surface area is 190 Å². The van der Waals surface area contributed by atoms with Crippen LogP contribution in [0.2, 0.25) is 5.02 Å². The minimum atomic E-state index is -0.960. The molecule has 1 aliphatic heterocycles. The molecule has 0 spiro atoms. The summed E-state index contributed by atoms with van der Waals surface area (Å²) in [6, 6.07) is 19.4. The van der Waals surface area contributed by atoms with E-state index in [0.29, 0.717) is 33.3 Å². The highest BCUT2D eigenvalue weighted by Gasteiger charge is 2.48. The summed E-state index contributed by atoms with van der Waals surface area (Å²) in [7, 11) is 3.01. The van der Waals surface area contributed by atoms with E-state index in [1.54, 1.807) is 72.8 Å². The third kappa shape index (κ3) is 3.69. The lowest BCUT2D eigenvalue weighted by Crippen LogP contribution is -2.29. The van der Waals surface area contributed by atoms with E-state index in [1.807, 2.05) is 0 Å². The molecule has 1 N–H and O–H groups in total. The molecule has 4 rings (SSSR count). The summed E-state index contributed by atoms with van der Waals surface area (Å²) >= 11 is 6.17. The number of ketones is 1. The van der Waals surface area contributed by atoms with Gasteiger partial charge < -0.3 is 14.6 Å². The summed E-state index contributed by atoms with van der Waals surface area (Å²) in [6.07, 6.45) is 0. The average molecular weight is 450 g/mol. The van der Waals surface area contributed by atoms with Crippen LogP contribution in [-0.4, -0.2) is 31.0 Å². The highest BCUT2D eigenvalue weighted by atomic mass is 35.5. The summed E-state index contributed by atoms with van der Waals surface area (Å²) < 4.78 is 10.9. The molecule has 0 unspecified atom stereocenters. The van der Waals surface area contributed by atoms with Gasteiger partial charge in [-0.25, -0.2) is 0 Å². The number of hydrogen-bond donors (Lipinski definition) is 1. The van der Waals surface area contributed by atoms with Gasteiger partial charge in [-0.2, -0.15) is 0 Å². The van der Waals surface area contributed by atoms with E-state index in [-0.39, 0.29) is 11.3 Å². The van der Waals surface area contributed by atoms with E-state index in [4.69, 9.17) is 21.1 Å². The summed E-state index contributed by atoms with van der Waals surface area (Å²) in [5.74, 6) is -0.912. The Morgan fingerprint density at radius 1 is 0.938 bits per heavy atom. The molecule has 1 fully saturated rings. The maximum atomic E-state index is 13.2. The van der Waals surface area contributed by atoms with E-state index < -0.39 is 17.7 Å². The zero-order valence-electron chi connectivity index (χ0n) is 17.4. The third-order valence-electron chi connectivity index (χ3n) is 5.31. The highest BCUT2D eigenvalue weighted by molar-refractivity contribution is 6.51. The molecular weight excluding hydrogens is 430 g/mol. The number of nitrogens with zero attached hydrogens (tertiary/aromatic N) is 1. The van der Waals surface area contributed by atoms with E-state index in [9.17, 15) is 14.7 Å². The van der Waals surface area contributed by atoms with Gasteiger partial charge in [0.15, 0.2) is 0 Å². The standard InChI is InChI=1S/C25H20ClNO5/c1-31-18-11-12-20(32-2)19(14-18)22-21(23(28)15-7-4-3-5-8-15)24(29)25(30)27(22)17-10-6-9-16(26)13-17/h3-14,22,28H,1-2H3/t22-/m1/s1. The van der Waals surface area contributed by atoms with Crippen LogP contribution in [0.5, 0.6) is 11.5 Å². The summed E-state index contributed by atoms with van der Waals surface area (Å²) in [6.45, 7) is 0. The first-order chi connectivity index (χ1) is 15.5. The maximum Gasteiger partial charge on any atom is 0.300 e. The van der Waals surface area contributed by atoms with Crippen molar-refractivity contribution in [2.45, 2.75) is 6.04 Å². The Morgan fingerprint density at radius 3 is 2.34 bits per heavy atom. The normalized spacial score (nSPS) is 17.5. The molecule has 32 heavy (non-hydrogen) atoms. The number of anilines is 1. The Balaban J connectivity index is 2.02. The first-order valence-corrected chi connectivity index (χ1v) is 10.2. The van der Waals surface area contributed by atoms with Crippen LogP contribution in [0.3, 0.4) is 0 Å². The number of Topliss-reactive ketones (excluding diaryl/α,β-unsaturated/α-hetero) is 1. The van der Waals surface area contributed by atoms with E-state index in [2.05, 4.69) is 0 Å². The molecule has 0 aliphatic carbocycles. The second-order valence-electron chi connectivity index (χ2n) is 7.12. The molecule has 0 aromatic heterocycles. The lowest BCUT2D eigenvalue weighted by molar-refractivity contribution is -0.132. The van der Waals surface area contributed by atoms with Crippen LogP contribution in [0.15, 0.2) is 78.4 Å². The summed E-state index contributed by atoms with van der Waals surface area (Å²) in [5.41, 5.74) is 1.28. The molecule has 1 saturated heterocycles. The van der Waals surface area contributed by atoms with Crippen LogP contribution in [0.4, 0.5) is 5.69 Å². The predicted octanol–water partition coefficient (Wildman–Crippen LogP) is 4.98. The van der Waals surface area contributed by atoms with Crippen molar-refractivity contribution in [1.29, 1.82) is 0 Å². The van der Waals surface area contributed by atoms with Gasteiger partial charge in [-0.05, 0) is 36.4 Å². The molecule has 1 amide bonds. The molecule has 1 heterocycles. The van der Waals surface area contributed by atoms with E-state index >= 15 is 0 Å². The number of aliphatic hydroxyl groups excluding tert-OH is 1. The van der Waals surface area contributed by atoms with Gasteiger partial charge in [0.2, 0.25) is 0 Å². The Hall–Kier alpha value is -3.77. The van der Waals surface area contributed by atoms with Crippen molar-refractivity contribution in [3.8, 4) is 11.5 Å². The number of aliphatic hydroxyl groups is 1. The quantitative estimate of drug-likeness (QED) is 0.337. The van der Waals surface area contributed by atoms with Crippen molar-refractivity contribution < 1.29 is 24.2 Å². The van der Waals surface area contributed by atoms with Crippen molar-refractivity contribution in [1.82, 2.24) is 0 Å². The second-order valence-corrected chi connectivity index (χ2v) is 7.56. The van der Waals surface area contributed by atoms with Crippen molar-refractivity contribution in [2.24, 2.45) is 0 Å². The monoisotopic (exact) mass is 449 g/mol. The average Bonchev–Trinajstić information content (AvgIpc) is 3.09. The van der Waals surface area contributed by atoms with Crippen LogP contribution < -0.4 is 14.4 Å². The van der Waals surface area contributed by atoms with Crippen molar-refractivity contribution in [3.05, 3.63) is 94.5 Å². The fraction of sp³-hybridized carbons (Fsp3) is 0.120. The van der Waals surface area contributed by atoms with Crippen molar-refractivity contribution in [3.63, 3.8) is 0 Å². The summed E-state index contributed by atoms with van der Waals surface area (Å²) in [5, 5.41) is 11.5. The van der Waals surface area contributed by atoms with Crippen molar-refractivity contribution >= 4 is 34.7 Å². The number of halogens is 1. The zero-order valence-corrected chi connectivity index (χ0v) is 18.2. The smallest absolute Gasteiger partial charge is 0.300 e. The number of rotatable bonds is 5. The molecular formula is C25H20ClNO5. The van der Waals surface area contributed by atoms with Crippen molar-refractivity contribution in [2.75, 3.05) is 19.1 Å². The van der Waals surface area contributed by atoms with Gasteiger partial charge in [0.1, 0.15) is 17.3 Å². The fourth-order valence-corrected chi connectivity index (χ4v) is 4.01. The Kier molecular flexibility index (Phi) is 5.88. The number of ether oxygens (including phenoxy) is 2. The topological polar surface area (TPSA) is 76.1 Å². The van der Waals surface area contributed by atoms with Gasteiger partial charge in [0, 0.05) is 21.8 Å². The second kappa shape index (κ2) is 8.77. The van der Waals surface area contributed by atoms with Gasteiger partial charge in [0.25, 0.3) is 11.7 Å². The third-order valence-corrected chi connectivity index (χ3v) is 5.54. The molecule has 0 saturated carbocycles. The van der Waals surface area contributed by atoms with E-state index in [0.717, 1.165) is 0 Å².